The normalized spacial score (nSPS) is 24.7. The monoisotopic (exact) mass is 470 g/mol. The highest BCUT2D eigenvalue weighted by atomic mass is 16.7. The van der Waals surface area contributed by atoms with Crippen molar-refractivity contribution in [3.05, 3.63) is 29.8 Å². The van der Waals surface area contributed by atoms with E-state index in [2.05, 4.69) is 10.6 Å². The summed E-state index contributed by atoms with van der Waals surface area (Å²) in [7, 11) is 0. The third-order valence-corrected chi connectivity index (χ3v) is 6.73. The Labute approximate surface area is 200 Å². The smallest absolute Gasteiger partial charge is 0.245 e. The van der Waals surface area contributed by atoms with Gasteiger partial charge in [0.1, 0.15) is 6.04 Å². The van der Waals surface area contributed by atoms with Gasteiger partial charge in [-0.3, -0.25) is 14.4 Å². The van der Waals surface area contributed by atoms with Gasteiger partial charge in [0, 0.05) is 25.2 Å². The first-order chi connectivity index (χ1) is 16.5. The van der Waals surface area contributed by atoms with E-state index in [0.717, 1.165) is 44.1 Å². The molecule has 1 unspecified atom stereocenters. The highest BCUT2D eigenvalue weighted by Gasteiger charge is 2.29. The summed E-state index contributed by atoms with van der Waals surface area (Å²) in [6.07, 6.45) is 9.29. The quantitative estimate of drug-likeness (QED) is 0.520. The molecule has 2 heterocycles. The molecule has 34 heavy (non-hydrogen) atoms. The van der Waals surface area contributed by atoms with Gasteiger partial charge < -0.3 is 30.7 Å². The molecule has 1 atom stereocenters. The summed E-state index contributed by atoms with van der Waals surface area (Å²) in [4.78, 5) is 39.6. The summed E-state index contributed by atoms with van der Waals surface area (Å²) in [6.45, 7) is 1.35. The Morgan fingerprint density at radius 3 is 2.71 bits per heavy atom. The Morgan fingerprint density at radius 1 is 1.09 bits per heavy atom. The topological polar surface area (TPSA) is 123 Å². The van der Waals surface area contributed by atoms with E-state index in [0.29, 0.717) is 36.9 Å². The molecule has 4 rings (SSSR count). The van der Waals surface area contributed by atoms with Crippen molar-refractivity contribution in [3.8, 4) is 11.5 Å². The minimum atomic E-state index is -0.635. The van der Waals surface area contributed by atoms with Gasteiger partial charge in [-0.15, -0.1) is 0 Å². The van der Waals surface area contributed by atoms with Crippen LogP contribution in [0.1, 0.15) is 50.5 Å². The zero-order valence-electron chi connectivity index (χ0n) is 19.5. The maximum Gasteiger partial charge on any atom is 0.245 e. The van der Waals surface area contributed by atoms with Crippen molar-refractivity contribution >= 4 is 23.8 Å². The molecule has 3 aliphatic rings. The minimum Gasteiger partial charge on any atom is -0.454 e. The lowest BCUT2D eigenvalue weighted by Crippen LogP contribution is -2.50. The zero-order chi connectivity index (χ0) is 23.9. The van der Waals surface area contributed by atoms with E-state index in [1.54, 1.807) is 23.1 Å². The van der Waals surface area contributed by atoms with Crippen LogP contribution in [0.5, 0.6) is 11.5 Å². The molecule has 2 aliphatic heterocycles. The number of likely N-dealkylation sites (tertiary alicyclic amines) is 1. The van der Waals surface area contributed by atoms with Crippen LogP contribution in [0, 0.1) is 5.92 Å². The number of nitrogens with one attached hydrogen (secondary N) is 2. The number of amides is 3. The number of ether oxygens (including phenoxy) is 2. The van der Waals surface area contributed by atoms with E-state index in [9.17, 15) is 14.4 Å². The van der Waals surface area contributed by atoms with Gasteiger partial charge in [-0.05, 0) is 74.6 Å². The molecule has 1 aromatic rings. The number of hydrogen-bond acceptors (Lipinski definition) is 6. The average molecular weight is 471 g/mol. The van der Waals surface area contributed by atoms with E-state index >= 15 is 0 Å². The van der Waals surface area contributed by atoms with Gasteiger partial charge in [-0.1, -0.05) is 6.07 Å². The van der Waals surface area contributed by atoms with E-state index in [-0.39, 0.29) is 37.1 Å². The second-order valence-corrected chi connectivity index (χ2v) is 9.35. The number of nitrogens with two attached hydrogens (primary N) is 1. The van der Waals surface area contributed by atoms with Crippen LogP contribution in [0.15, 0.2) is 24.3 Å². The van der Waals surface area contributed by atoms with Gasteiger partial charge in [0.25, 0.3) is 0 Å². The lowest BCUT2D eigenvalue weighted by molar-refractivity contribution is -0.138. The number of nitrogens with zero attached hydrogens (tertiary/aromatic N) is 1. The molecule has 0 bridgehead atoms. The molecule has 3 amide bonds. The van der Waals surface area contributed by atoms with Gasteiger partial charge in [0.15, 0.2) is 11.5 Å². The first kappa shape index (κ1) is 24.1. The Kier molecular flexibility index (Phi) is 8.05. The first-order valence-electron chi connectivity index (χ1n) is 12.2. The van der Waals surface area contributed by atoms with Crippen LogP contribution in [-0.2, 0) is 14.4 Å². The first-order valence-corrected chi connectivity index (χ1v) is 12.2. The Morgan fingerprint density at radius 2 is 1.88 bits per heavy atom. The van der Waals surface area contributed by atoms with Gasteiger partial charge in [-0.2, -0.15) is 0 Å². The molecular formula is C25H34N4O5. The van der Waals surface area contributed by atoms with Crippen LogP contribution in [0.2, 0.25) is 0 Å². The molecule has 9 nitrogen and oxygen atoms in total. The van der Waals surface area contributed by atoms with Crippen molar-refractivity contribution in [1.82, 2.24) is 15.5 Å². The zero-order valence-corrected chi connectivity index (χ0v) is 19.5. The standard InChI is InChI=1S/C25H34N4O5/c26-19-8-4-18(5-9-19)14-27-24(31)15-29-12-2-1-3-20(25(29)32)28-23(30)11-7-17-6-10-21-22(13-17)34-16-33-21/h6-7,10-11,13,18-20H,1-5,8-9,12,14-16,26H2,(H,27,31)(H,28,30)/b11-7+. The van der Waals surface area contributed by atoms with Crippen molar-refractivity contribution in [3.63, 3.8) is 0 Å². The summed E-state index contributed by atoms with van der Waals surface area (Å²) in [6, 6.07) is 5.06. The summed E-state index contributed by atoms with van der Waals surface area (Å²) < 4.78 is 10.6. The molecule has 0 aromatic heterocycles. The predicted octanol–water partition coefficient (Wildman–Crippen LogP) is 1.56. The fraction of sp³-hybridized carbons (Fsp3) is 0.560. The molecule has 2 fully saturated rings. The fourth-order valence-corrected chi connectivity index (χ4v) is 4.68. The van der Waals surface area contributed by atoms with Crippen molar-refractivity contribution in [2.75, 3.05) is 26.4 Å². The fourth-order valence-electron chi connectivity index (χ4n) is 4.68. The summed E-state index contributed by atoms with van der Waals surface area (Å²) in [5.41, 5.74) is 6.74. The Balaban J connectivity index is 1.26. The summed E-state index contributed by atoms with van der Waals surface area (Å²) in [5, 5.41) is 5.78. The minimum absolute atomic E-state index is 0.0183. The molecule has 1 aliphatic carbocycles. The van der Waals surface area contributed by atoms with Crippen LogP contribution >= 0.6 is 0 Å². The largest absolute Gasteiger partial charge is 0.454 e. The van der Waals surface area contributed by atoms with Gasteiger partial charge >= 0.3 is 0 Å². The molecule has 1 aromatic carbocycles. The van der Waals surface area contributed by atoms with Gasteiger partial charge in [0.05, 0.1) is 6.54 Å². The highest BCUT2D eigenvalue weighted by Crippen LogP contribution is 2.32. The molecular weight excluding hydrogens is 436 g/mol. The average Bonchev–Trinajstić information content (AvgIpc) is 3.24. The lowest BCUT2D eigenvalue weighted by atomic mass is 9.86. The van der Waals surface area contributed by atoms with Gasteiger partial charge in [-0.25, -0.2) is 0 Å². The van der Waals surface area contributed by atoms with Crippen LogP contribution in [0.3, 0.4) is 0 Å². The maximum atomic E-state index is 13.0. The maximum absolute atomic E-state index is 13.0. The number of carbonyl (C=O) groups excluding carboxylic acids is 3. The number of carbonyl (C=O) groups is 3. The summed E-state index contributed by atoms with van der Waals surface area (Å²) in [5.74, 6) is 1.06. The third kappa shape index (κ3) is 6.50. The molecule has 9 heteroatoms. The third-order valence-electron chi connectivity index (χ3n) is 6.73. The molecule has 1 saturated heterocycles. The van der Waals surface area contributed by atoms with Crippen molar-refractivity contribution in [2.45, 2.75) is 57.0 Å². The Bertz CT molecular complexity index is 926. The van der Waals surface area contributed by atoms with Crippen molar-refractivity contribution < 1.29 is 23.9 Å². The van der Waals surface area contributed by atoms with E-state index in [1.165, 1.54) is 6.08 Å². The number of rotatable bonds is 7. The van der Waals surface area contributed by atoms with Gasteiger partial charge in [0.2, 0.25) is 24.5 Å². The molecule has 4 N–H and O–H groups in total. The van der Waals surface area contributed by atoms with Crippen LogP contribution in [0.4, 0.5) is 0 Å². The van der Waals surface area contributed by atoms with Crippen molar-refractivity contribution in [2.24, 2.45) is 11.7 Å². The van der Waals surface area contributed by atoms with E-state index in [1.807, 2.05) is 6.07 Å². The number of benzene rings is 1. The molecule has 0 spiro atoms. The Hall–Kier alpha value is -3.07. The number of hydrogen-bond donors (Lipinski definition) is 3. The molecule has 0 radical (unpaired) electrons. The number of fused-ring (bicyclic) bond motifs is 1. The van der Waals surface area contributed by atoms with E-state index < -0.39 is 6.04 Å². The van der Waals surface area contributed by atoms with Crippen molar-refractivity contribution in [1.29, 1.82) is 0 Å². The molecule has 1 saturated carbocycles. The molecule has 184 valence electrons. The summed E-state index contributed by atoms with van der Waals surface area (Å²) >= 11 is 0. The lowest BCUT2D eigenvalue weighted by Gasteiger charge is -2.27. The van der Waals surface area contributed by atoms with E-state index in [4.69, 9.17) is 15.2 Å². The van der Waals surface area contributed by atoms with Crippen LogP contribution in [0.25, 0.3) is 6.08 Å². The SMILES string of the molecule is NC1CCC(CNC(=O)CN2CCCCC(NC(=O)/C=C/c3ccc4c(c3)OCO4)C2=O)CC1. The van der Waals surface area contributed by atoms with Crippen LogP contribution in [-0.4, -0.2) is 61.1 Å². The predicted molar refractivity (Wildman–Crippen MR) is 127 cm³/mol. The second-order valence-electron chi connectivity index (χ2n) is 9.35. The second kappa shape index (κ2) is 11.4. The highest BCUT2D eigenvalue weighted by molar-refractivity contribution is 5.96. The van der Waals surface area contributed by atoms with Crippen LogP contribution < -0.4 is 25.8 Å².